The number of carbonyl (C=O) groups excluding carboxylic acids is 3. The molecule has 2 N–H and O–H groups in total. The summed E-state index contributed by atoms with van der Waals surface area (Å²) >= 11 is 0. The number of para-hydroxylation sites is 2. The van der Waals surface area contributed by atoms with Crippen molar-refractivity contribution in [3.63, 3.8) is 0 Å². The van der Waals surface area contributed by atoms with Crippen LogP contribution in [0, 0.1) is 0 Å². The summed E-state index contributed by atoms with van der Waals surface area (Å²) in [6, 6.07) is 14.0. The molecule has 0 aliphatic rings. The van der Waals surface area contributed by atoms with E-state index in [1.54, 1.807) is 48.5 Å². The summed E-state index contributed by atoms with van der Waals surface area (Å²) in [6.07, 6.45) is 0.518. The van der Waals surface area contributed by atoms with Crippen molar-refractivity contribution < 1.29 is 28.6 Å². The highest BCUT2D eigenvalue weighted by molar-refractivity contribution is 5.94. The zero-order valence-electron chi connectivity index (χ0n) is 17.1. The number of amides is 2. The molecule has 0 bridgehead atoms. The molecule has 2 amide bonds. The lowest BCUT2D eigenvalue weighted by atomic mass is 10.2. The van der Waals surface area contributed by atoms with Gasteiger partial charge in [-0.2, -0.15) is 0 Å². The first kappa shape index (κ1) is 22.7. The SMILES string of the molecule is CCOc1ccc(NC(=O)CCCC(=O)OCC(=O)Nc2ccccc2OC)cc1. The Kier molecular flexibility index (Phi) is 9.18. The first-order chi connectivity index (χ1) is 14.5. The highest BCUT2D eigenvalue weighted by Crippen LogP contribution is 2.22. The maximum Gasteiger partial charge on any atom is 0.306 e. The van der Waals surface area contributed by atoms with E-state index >= 15 is 0 Å². The molecule has 8 nitrogen and oxygen atoms in total. The second-order valence-corrected chi connectivity index (χ2v) is 6.27. The topological polar surface area (TPSA) is 103 Å². The number of nitrogens with one attached hydrogen (secondary N) is 2. The molecule has 0 atom stereocenters. The molecular weight excluding hydrogens is 388 g/mol. The van der Waals surface area contributed by atoms with Crippen molar-refractivity contribution in [1.82, 2.24) is 0 Å². The minimum atomic E-state index is -0.543. The minimum absolute atomic E-state index is 0.0403. The molecule has 0 fully saturated rings. The molecule has 0 spiro atoms. The van der Waals surface area contributed by atoms with Crippen LogP contribution in [0.1, 0.15) is 26.2 Å². The molecule has 0 radical (unpaired) electrons. The van der Waals surface area contributed by atoms with Gasteiger partial charge in [-0.3, -0.25) is 14.4 Å². The van der Waals surface area contributed by atoms with Crippen molar-refractivity contribution in [1.29, 1.82) is 0 Å². The fourth-order valence-electron chi connectivity index (χ4n) is 2.57. The summed E-state index contributed by atoms with van der Waals surface area (Å²) in [5.41, 5.74) is 1.14. The number of anilines is 2. The summed E-state index contributed by atoms with van der Waals surface area (Å²) in [6.45, 7) is 2.06. The van der Waals surface area contributed by atoms with Gasteiger partial charge >= 0.3 is 5.97 Å². The number of hydrogen-bond acceptors (Lipinski definition) is 6. The zero-order chi connectivity index (χ0) is 21.8. The van der Waals surface area contributed by atoms with E-state index in [1.165, 1.54) is 7.11 Å². The number of rotatable bonds is 11. The Labute approximate surface area is 175 Å². The molecule has 2 aromatic carbocycles. The van der Waals surface area contributed by atoms with E-state index in [0.717, 1.165) is 5.75 Å². The summed E-state index contributed by atoms with van der Waals surface area (Å²) in [5.74, 6) is 0.0183. The lowest BCUT2D eigenvalue weighted by Gasteiger charge is -2.10. The standard InChI is InChI=1S/C22H26N2O6/c1-3-29-17-13-11-16(12-14-17)23-20(25)9-6-10-22(27)30-15-21(26)24-18-7-4-5-8-19(18)28-2/h4-5,7-8,11-14H,3,6,9-10,15H2,1-2H3,(H,23,25)(H,24,26). The summed E-state index contributed by atoms with van der Waals surface area (Å²) in [4.78, 5) is 35.7. The van der Waals surface area contributed by atoms with Crippen LogP contribution in [0.5, 0.6) is 11.5 Å². The van der Waals surface area contributed by atoms with Crippen molar-refractivity contribution in [2.45, 2.75) is 26.2 Å². The van der Waals surface area contributed by atoms with Crippen molar-refractivity contribution in [3.05, 3.63) is 48.5 Å². The first-order valence-electron chi connectivity index (χ1n) is 9.63. The van der Waals surface area contributed by atoms with E-state index < -0.39 is 18.5 Å². The average molecular weight is 414 g/mol. The Morgan fingerprint density at radius 1 is 0.900 bits per heavy atom. The highest BCUT2D eigenvalue weighted by atomic mass is 16.5. The van der Waals surface area contributed by atoms with E-state index in [2.05, 4.69) is 10.6 Å². The van der Waals surface area contributed by atoms with Gasteiger partial charge in [0.25, 0.3) is 5.91 Å². The largest absolute Gasteiger partial charge is 0.495 e. The molecule has 0 aromatic heterocycles. The van der Waals surface area contributed by atoms with Crippen molar-refractivity contribution in [2.75, 3.05) is 31.0 Å². The van der Waals surface area contributed by atoms with Gasteiger partial charge < -0.3 is 24.8 Å². The van der Waals surface area contributed by atoms with E-state index in [-0.39, 0.29) is 18.7 Å². The van der Waals surface area contributed by atoms with Crippen LogP contribution in [0.4, 0.5) is 11.4 Å². The predicted molar refractivity (Wildman–Crippen MR) is 113 cm³/mol. The van der Waals surface area contributed by atoms with Crippen LogP contribution in [0.15, 0.2) is 48.5 Å². The van der Waals surface area contributed by atoms with Gasteiger partial charge in [0.05, 0.1) is 19.4 Å². The predicted octanol–water partition coefficient (Wildman–Crippen LogP) is 3.38. The van der Waals surface area contributed by atoms with Gasteiger partial charge in [-0.15, -0.1) is 0 Å². The Morgan fingerprint density at radius 2 is 1.63 bits per heavy atom. The number of hydrogen-bond donors (Lipinski definition) is 2. The van der Waals surface area contributed by atoms with Crippen LogP contribution >= 0.6 is 0 Å². The maximum atomic E-state index is 12.0. The van der Waals surface area contributed by atoms with Crippen LogP contribution in [-0.4, -0.2) is 38.1 Å². The number of ether oxygens (including phenoxy) is 3. The van der Waals surface area contributed by atoms with Crippen LogP contribution in [-0.2, 0) is 19.1 Å². The fraction of sp³-hybridized carbons (Fsp3) is 0.318. The molecule has 0 aliphatic carbocycles. The Hall–Kier alpha value is -3.55. The lowest BCUT2D eigenvalue weighted by molar-refractivity contribution is -0.147. The fourth-order valence-corrected chi connectivity index (χ4v) is 2.57. The summed E-state index contributed by atoms with van der Waals surface area (Å²) in [7, 11) is 1.50. The third-order valence-electron chi connectivity index (χ3n) is 3.98. The molecule has 0 heterocycles. The van der Waals surface area contributed by atoms with Gasteiger partial charge in [-0.1, -0.05) is 12.1 Å². The normalized spacial score (nSPS) is 10.1. The monoisotopic (exact) mass is 414 g/mol. The third-order valence-corrected chi connectivity index (χ3v) is 3.98. The van der Waals surface area contributed by atoms with Crippen molar-refractivity contribution in [3.8, 4) is 11.5 Å². The van der Waals surface area contributed by atoms with E-state index in [9.17, 15) is 14.4 Å². The lowest BCUT2D eigenvalue weighted by Crippen LogP contribution is -2.21. The molecule has 160 valence electrons. The molecule has 2 aromatic rings. The molecule has 30 heavy (non-hydrogen) atoms. The molecule has 0 unspecified atom stereocenters. The Bertz CT molecular complexity index is 851. The maximum absolute atomic E-state index is 12.0. The minimum Gasteiger partial charge on any atom is -0.495 e. The smallest absolute Gasteiger partial charge is 0.306 e. The van der Waals surface area contributed by atoms with E-state index in [1.807, 2.05) is 6.92 Å². The second-order valence-electron chi connectivity index (χ2n) is 6.27. The molecule has 0 saturated heterocycles. The number of benzene rings is 2. The van der Waals surface area contributed by atoms with Crippen LogP contribution < -0.4 is 20.1 Å². The number of carbonyl (C=O) groups is 3. The molecule has 0 aliphatic heterocycles. The van der Waals surface area contributed by atoms with E-state index in [4.69, 9.17) is 14.2 Å². The van der Waals surface area contributed by atoms with Gasteiger partial charge in [0, 0.05) is 18.5 Å². The van der Waals surface area contributed by atoms with Gasteiger partial charge in [0.2, 0.25) is 5.91 Å². The molecule has 2 rings (SSSR count). The summed E-state index contributed by atoms with van der Waals surface area (Å²) < 4.78 is 15.4. The Morgan fingerprint density at radius 3 is 2.33 bits per heavy atom. The van der Waals surface area contributed by atoms with Crippen LogP contribution in [0.3, 0.4) is 0 Å². The number of esters is 1. The second kappa shape index (κ2) is 12.1. The average Bonchev–Trinajstić information content (AvgIpc) is 2.74. The summed E-state index contributed by atoms with van der Waals surface area (Å²) in [5, 5.41) is 5.37. The molecular formula is C22H26N2O6. The van der Waals surface area contributed by atoms with Crippen LogP contribution in [0.2, 0.25) is 0 Å². The number of methoxy groups -OCH3 is 1. The van der Waals surface area contributed by atoms with Crippen molar-refractivity contribution >= 4 is 29.2 Å². The van der Waals surface area contributed by atoms with E-state index in [0.29, 0.717) is 30.2 Å². The van der Waals surface area contributed by atoms with Gasteiger partial charge in [0.15, 0.2) is 6.61 Å². The Balaban J connectivity index is 1.64. The zero-order valence-corrected chi connectivity index (χ0v) is 17.1. The molecule has 8 heteroatoms. The van der Waals surface area contributed by atoms with Crippen LogP contribution in [0.25, 0.3) is 0 Å². The van der Waals surface area contributed by atoms with Gasteiger partial charge in [0.1, 0.15) is 11.5 Å². The molecule has 0 saturated carbocycles. The van der Waals surface area contributed by atoms with Crippen molar-refractivity contribution in [2.24, 2.45) is 0 Å². The first-order valence-corrected chi connectivity index (χ1v) is 9.63. The van der Waals surface area contributed by atoms with Gasteiger partial charge in [-0.25, -0.2) is 0 Å². The quantitative estimate of drug-likeness (QED) is 0.547. The van der Waals surface area contributed by atoms with Gasteiger partial charge in [-0.05, 0) is 49.7 Å². The highest BCUT2D eigenvalue weighted by Gasteiger charge is 2.11. The third kappa shape index (κ3) is 7.83.